The highest BCUT2D eigenvalue weighted by Crippen LogP contribution is 2.62. The average Bonchev–Trinajstić information content (AvgIpc) is 2.41. The molecule has 0 aromatic heterocycles. The van der Waals surface area contributed by atoms with E-state index in [0.717, 1.165) is 5.92 Å². The van der Waals surface area contributed by atoms with E-state index in [9.17, 15) is 0 Å². The first kappa shape index (κ1) is 12.0. The van der Waals surface area contributed by atoms with Crippen LogP contribution in [0.1, 0.15) is 54.4 Å². The second-order valence-corrected chi connectivity index (χ2v) is 6.18. The summed E-state index contributed by atoms with van der Waals surface area (Å²) in [4.78, 5) is 0. The third kappa shape index (κ3) is 1.98. The lowest BCUT2D eigenvalue weighted by Gasteiger charge is -2.12. The van der Waals surface area contributed by atoms with Crippen molar-refractivity contribution in [3.8, 4) is 0 Å². The molecule has 1 saturated carbocycles. The summed E-state index contributed by atoms with van der Waals surface area (Å²) in [5.74, 6) is 0.826. The van der Waals surface area contributed by atoms with E-state index in [-0.39, 0.29) is 0 Å². The van der Waals surface area contributed by atoms with Crippen LogP contribution in [0.5, 0.6) is 0 Å². The SMILES string of the molecule is CCCC(C)CNC1C(C)(C)C1(C)C. The van der Waals surface area contributed by atoms with Gasteiger partial charge in [-0.2, -0.15) is 0 Å². The Morgan fingerprint density at radius 3 is 2.00 bits per heavy atom. The summed E-state index contributed by atoms with van der Waals surface area (Å²) >= 11 is 0. The molecule has 0 amide bonds. The standard InChI is InChI=1S/C13H27N/c1-7-8-10(2)9-14-11-12(3,4)13(11,5)6/h10-11,14H,7-9H2,1-6H3. The number of rotatable bonds is 5. The summed E-state index contributed by atoms with van der Waals surface area (Å²) in [6.07, 6.45) is 2.65. The van der Waals surface area contributed by atoms with Crippen molar-refractivity contribution in [2.45, 2.75) is 60.4 Å². The first-order valence-corrected chi connectivity index (χ1v) is 6.07. The van der Waals surface area contributed by atoms with Gasteiger partial charge in [0.1, 0.15) is 0 Å². The lowest BCUT2D eigenvalue weighted by molar-refractivity contribution is 0.448. The summed E-state index contributed by atoms with van der Waals surface area (Å²) < 4.78 is 0. The van der Waals surface area contributed by atoms with Gasteiger partial charge in [-0.3, -0.25) is 0 Å². The molecule has 1 heteroatoms. The van der Waals surface area contributed by atoms with Crippen molar-refractivity contribution in [1.82, 2.24) is 5.32 Å². The van der Waals surface area contributed by atoms with Crippen LogP contribution in [-0.4, -0.2) is 12.6 Å². The molecule has 1 fully saturated rings. The molecule has 0 radical (unpaired) electrons. The van der Waals surface area contributed by atoms with E-state index >= 15 is 0 Å². The van der Waals surface area contributed by atoms with Gasteiger partial charge in [-0.15, -0.1) is 0 Å². The maximum Gasteiger partial charge on any atom is 0.0181 e. The molecule has 0 saturated heterocycles. The Hall–Kier alpha value is -0.0400. The minimum absolute atomic E-state index is 0.485. The van der Waals surface area contributed by atoms with Crippen molar-refractivity contribution in [3.63, 3.8) is 0 Å². The van der Waals surface area contributed by atoms with Crippen molar-refractivity contribution in [2.24, 2.45) is 16.7 Å². The molecule has 1 unspecified atom stereocenters. The van der Waals surface area contributed by atoms with Crippen LogP contribution in [0, 0.1) is 16.7 Å². The molecule has 0 bridgehead atoms. The molecular formula is C13H27N. The van der Waals surface area contributed by atoms with Gasteiger partial charge in [-0.1, -0.05) is 48.0 Å². The largest absolute Gasteiger partial charge is 0.313 e. The van der Waals surface area contributed by atoms with Crippen molar-refractivity contribution >= 4 is 0 Å². The van der Waals surface area contributed by atoms with E-state index in [1.54, 1.807) is 0 Å². The highest BCUT2D eigenvalue weighted by molar-refractivity contribution is 5.17. The van der Waals surface area contributed by atoms with Crippen LogP contribution in [0.3, 0.4) is 0 Å². The molecule has 1 aliphatic carbocycles. The van der Waals surface area contributed by atoms with Crippen LogP contribution in [0.2, 0.25) is 0 Å². The highest BCUT2D eigenvalue weighted by Gasteiger charge is 2.64. The Morgan fingerprint density at radius 2 is 1.64 bits per heavy atom. The summed E-state index contributed by atoms with van der Waals surface area (Å²) in [6.45, 7) is 15.3. The topological polar surface area (TPSA) is 12.0 Å². The van der Waals surface area contributed by atoms with Gasteiger partial charge in [-0.25, -0.2) is 0 Å². The van der Waals surface area contributed by atoms with E-state index in [4.69, 9.17) is 0 Å². The molecule has 1 atom stereocenters. The lowest BCUT2D eigenvalue weighted by atomic mass is 10.0. The van der Waals surface area contributed by atoms with Gasteiger partial charge in [0.25, 0.3) is 0 Å². The molecule has 1 rings (SSSR count). The molecule has 0 aromatic carbocycles. The normalized spacial score (nSPS) is 26.1. The second-order valence-electron chi connectivity index (χ2n) is 6.18. The van der Waals surface area contributed by atoms with Crippen LogP contribution in [0.15, 0.2) is 0 Å². The smallest absolute Gasteiger partial charge is 0.0181 e. The first-order chi connectivity index (χ1) is 6.34. The van der Waals surface area contributed by atoms with E-state index in [2.05, 4.69) is 46.9 Å². The zero-order chi connectivity index (χ0) is 11.0. The van der Waals surface area contributed by atoms with Gasteiger partial charge >= 0.3 is 0 Å². The van der Waals surface area contributed by atoms with Crippen molar-refractivity contribution in [3.05, 3.63) is 0 Å². The van der Waals surface area contributed by atoms with Gasteiger partial charge in [0.15, 0.2) is 0 Å². The first-order valence-electron chi connectivity index (χ1n) is 6.07. The van der Waals surface area contributed by atoms with Crippen molar-refractivity contribution < 1.29 is 0 Å². The zero-order valence-corrected chi connectivity index (χ0v) is 10.8. The molecule has 1 N–H and O–H groups in total. The van der Waals surface area contributed by atoms with Crippen LogP contribution in [-0.2, 0) is 0 Å². The van der Waals surface area contributed by atoms with Crippen molar-refractivity contribution in [1.29, 1.82) is 0 Å². The van der Waals surface area contributed by atoms with Gasteiger partial charge in [-0.05, 0) is 29.7 Å². The Bertz CT molecular complexity index is 179. The molecule has 1 aliphatic rings. The molecule has 1 nitrogen and oxygen atoms in total. The van der Waals surface area contributed by atoms with E-state index < -0.39 is 0 Å². The van der Waals surface area contributed by atoms with Crippen molar-refractivity contribution in [2.75, 3.05) is 6.54 Å². The third-order valence-electron chi connectivity index (χ3n) is 4.47. The molecule has 84 valence electrons. The van der Waals surface area contributed by atoms with Crippen LogP contribution in [0.4, 0.5) is 0 Å². The van der Waals surface area contributed by atoms with Gasteiger partial charge in [0.05, 0.1) is 0 Å². The predicted molar refractivity (Wildman–Crippen MR) is 63.4 cm³/mol. The monoisotopic (exact) mass is 197 g/mol. The molecule has 0 aliphatic heterocycles. The maximum absolute atomic E-state index is 3.72. The zero-order valence-electron chi connectivity index (χ0n) is 10.8. The number of hydrogen-bond donors (Lipinski definition) is 1. The fourth-order valence-corrected chi connectivity index (χ4v) is 2.62. The van der Waals surface area contributed by atoms with Crippen LogP contribution >= 0.6 is 0 Å². The lowest BCUT2D eigenvalue weighted by Crippen LogP contribution is -2.27. The molecule has 0 heterocycles. The van der Waals surface area contributed by atoms with E-state index in [1.807, 2.05) is 0 Å². The van der Waals surface area contributed by atoms with E-state index in [1.165, 1.54) is 19.4 Å². The Balaban J connectivity index is 2.28. The van der Waals surface area contributed by atoms with Crippen LogP contribution < -0.4 is 5.32 Å². The Morgan fingerprint density at radius 1 is 1.14 bits per heavy atom. The number of nitrogens with one attached hydrogen (secondary N) is 1. The average molecular weight is 197 g/mol. The van der Waals surface area contributed by atoms with E-state index in [0.29, 0.717) is 16.9 Å². The summed E-state index contributed by atoms with van der Waals surface area (Å²) in [5.41, 5.74) is 0.970. The fraction of sp³-hybridized carbons (Fsp3) is 1.00. The summed E-state index contributed by atoms with van der Waals surface area (Å²) in [7, 11) is 0. The molecule has 0 spiro atoms. The Labute approximate surface area is 89.7 Å². The Kier molecular flexibility index (Phi) is 3.30. The number of hydrogen-bond acceptors (Lipinski definition) is 1. The quantitative estimate of drug-likeness (QED) is 0.712. The molecule has 14 heavy (non-hydrogen) atoms. The second kappa shape index (κ2) is 3.84. The minimum atomic E-state index is 0.485. The van der Waals surface area contributed by atoms with Gasteiger partial charge < -0.3 is 5.32 Å². The molecular weight excluding hydrogens is 170 g/mol. The minimum Gasteiger partial charge on any atom is -0.313 e. The third-order valence-corrected chi connectivity index (χ3v) is 4.47. The summed E-state index contributed by atoms with van der Waals surface area (Å²) in [6, 6.07) is 0.717. The van der Waals surface area contributed by atoms with Crippen LogP contribution in [0.25, 0.3) is 0 Å². The van der Waals surface area contributed by atoms with Gasteiger partial charge in [0.2, 0.25) is 0 Å². The fourth-order valence-electron chi connectivity index (χ4n) is 2.62. The maximum atomic E-state index is 3.72. The predicted octanol–water partition coefficient (Wildman–Crippen LogP) is 3.45. The highest BCUT2D eigenvalue weighted by atomic mass is 15.0. The summed E-state index contributed by atoms with van der Waals surface area (Å²) in [5, 5.41) is 3.72. The molecule has 0 aromatic rings. The van der Waals surface area contributed by atoms with Gasteiger partial charge in [0, 0.05) is 6.04 Å².